The second kappa shape index (κ2) is 8.67. The summed E-state index contributed by atoms with van der Waals surface area (Å²) in [5.41, 5.74) is 3.21. The van der Waals surface area contributed by atoms with Crippen molar-refractivity contribution in [1.82, 2.24) is 9.88 Å². The summed E-state index contributed by atoms with van der Waals surface area (Å²) >= 11 is 6.93. The minimum absolute atomic E-state index is 0.0157. The van der Waals surface area contributed by atoms with Crippen LogP contribution < -0.4 is 4.90 Å². The maximum absolute atomic E-state index is 13.1. The van der Waals surface area contributed by atoms with Crippen molar-refractivity contribution in [3.05, 3.63) is 40.3 Å². The van der Waals surface area contributed by atoms with Crippen molar-refractivity contribution in [2.45, 2.75) is 53.0 Å². The summed E-state index contributed by atoms with van der Waals surface area (Å²) in [7, 11) is 0. The number of pyridine rings is 1. The molecule has 2 aromatic rings. The fourth-order valence-electron chi connectivity index (χ4n) is 4.07. The molecule has 0 radical (unpaired) electrons. The van der Waals surface area contributed by atoms with E-state index in [1.807, 2.05) is 13.0 Å². The molecule has 1 atom stereocenters. The topological polar surface area (TPSA) is 36.4 Å². The van der Waals surface area contributed by atoms with E-state index in [0.29, 0.717) is 9.23 Å². The number of piperidine rings is 1. The molecule has 1 unspecified atom stereocenters. The number of nitrogens with zero attached hydrogens (tertiary/aromatic N) is 3. The molecule has 1 aromatic carbocycles. The number of rotatable bonds is 4. The number of benzene rings is 1. The molecule has 30 heavy (non-hydrogen) atoms. The second-order valence-electron chi connectivity index (χ2n) is 8.58. The Morgan fingerprint density at radius 1 is 1.30 bits per heavy atom. The van der Waals surface area contributed by atoms with E-state index in [9.17, 15) is 4.79 Å². The molecule has 4 rings (SSSR count). The normalized spacial score (nSPS) is 20.6. The molecule has 0 spiro atoms. The monoisotopic (exact) mass is 439 g/mol. The molecular weight excluding hydrogens is 410 g/mol. The molecule has 2 saturated heterocycles. The van der Waals surface area contributed by atoms with E-state index in [-0.39, 0.29) is 11.9 Å². The number of aromatic nitrogens is 1. The Morgan fingerprint density at radius 2 is 2.03 bits per heavy atom. The Labute approximate surface area is 188 Å². The van der Waals surface area contributed by atoms with E-state index >= 15 is 0 Å². The third kappa shape index (κ3) is 4.12. The lowest BCUT2D eigenvalue weighted by molar-refractivity contribution is -0.123. The van der Waals surface area contributed by atoms with Crippen LogP contribution in [0.25, 0.3) is 17.0 Å². The Kier molecular flexibility index (Phi) is 6.16. The van der Waals surface area contributed by atoms with E-state index in [0.717, 1.165) is 47.7 Å². The van der Waals surface area contributed by atoms with Gasteiger partial charge in [-0.25, -0.2) is 4.98 Å². The lowest BCUT2D eigenvalue weighted by atomic mass is 9.98. The van der Waals surface area contributed by atoms with E-state index in [2.05, 4.69) is 49.9 Å². The largest absolute Gasteiger partial charge is 0.356 e. The zero-order valence-corrected chi connectivity index (χ0v) is 19.8. The Bertz CT molecular complexity index is 1020. The summed E-state index contributed by atoms with van der Waals surface area (Å²) in [5, 5.41) is 1.10. The summed E-state index contributed by atoms with van der Waals surface area (Å²) in [5.74, 6) is 1.74. The highest BCUT2D eigenvalue weighted by Crippen LogP contribution is 2.37. The first-order valence-corrected chi connectivity index (χ1v) is 12.0. The number of aryl methyl sites for hydroxylation is 1. The van der Waals surface area contributed by atoms with Crippen molar-refractivity contribution in [3.8, 4) is 0 Å². The quantitative estimate of drug-likeness (QED) is 0.446. The summed E-state index contributed by atoms with van der Waals surface area (Å²) in [4.78, 5) is 22.9. The molecule has 158 valence electrons. The van der Waals surface area contributed by atoms with Crippen molar-refractivity contribution >= 4 is 57.0 Å². The van der Waals surface area contributed by atoms with Gasteiger partial charge in [-0.3, -0.25) is 9.69 Å². The van der Waals surface area contributed by atoms with Crippen molar-refractivity contribution < 1.29 is 4.79 Å². The van der Waals surface area contributed by atoms with E-state index in [1.54, 1.807) is 4.90 Å². The third-order valence-corrected chi connectivity index (χ3v) is 7.53. The lowest BCUT2D eigenvalue weighted by Crippen LogP contribution is -2.36. The highest BCUT2D eigenvalue weighted by atomic mass is 32.2. The predicted molar refractivity (Wildman–Crippen MR) is 132 cm³/mol. The van der Waals surface area contributed by atoms with Crippen LogP contribution >= 0.6 is 24.0 Å². The van der Waals surface area contributed by atoms with Crippen LogP contribution in [0.5, 0.6) is 0 Å². The molecule has 0 aliphatic carbocycles. The minimum atomic E-state index is 0.0157. The number of carbonyl (C=O) groups is 1. The highest BCUT2D eigenvalue weighted by Gasteiger charge is 2.35. The Balaban J connectivity index is 1.78. The van der Waals surface area contributed by atoms with E-state index < -0.39 is 0 Å². The summed E-state index contributed by atoms with van der Waals surface area (Å²) in [6.45, 7) is 10.5. The predicted octanol–water partition coefficient (Wildman–Crippen LogP) is 5.78. The van der Waals surface area contributed by atoms with Crippen LogP contribution in [0.4, 0.5) is 5.82 Å². The number of fused-ring (bicyclic) bond motifs is 1. The van der Waals surface area contributed by atoms with Gasteiger partial charge in [0.25, 0.3) is 5.91 Å². The van der Waals surface area contributed by atoms with Crippen molar-refractivity contribution in [3.63, 3.8) is 0 Å². The van der Waals surface area contributed by atoms with Gasteiger partial charge in [-0.1, -0.05) is 49.5 Å². The second-order valence-corrected chi connectivity index (χ2v) is 10.3. The summed E-state index contributed by atoms with van der Waals surface area (Å²) in [6.07, 6.45) is 5.23. The van der Waals surface area contributed by atoms with Crippen LogP contribution in [0, 0.1) is 12.8 Å². The van der Waals surface area contributed by atoms with Crippen LogP contribution in [0.1, 0.15) is 51.2 Å². The average Bonchev–Trinajstić information content (AvgIpc) is 3.00. The number of hydrogen-bond acceptors (Lipinski definition) is 5. The molecule has 1 amide bonds. The molecule has 6 heteroatoms. The molecule has 4 nitrogen and oxygen atoms in total. The summed E-state index contributed by atoms with van der Waals surface area (Å²) < 4.78 is 0.651. The molecular formula is C24H29N3OS2. The number of anilines is 1. The van der Waals surface area contributed by atoms with Gasteiger partial charge in [0.2, 0.25) is 0 Å². The fraction of sp³-hybridized carbons (Fsp3) is 0.458. The van der Waals surface area contributed by atoms with Crippen LogP contribution in [0.3, 0.4) is 0 Å². The van der Waals surface area contributed by atoms with Crippen molar-refractivity contribution in [1.29, 1.82) is 0 Å². The van der Waals surface area contributed by atoms with E-state index in [1.165, 1.54) is 30.2 Å². The van der Waals surface area contributed by atoms with Gasteiger partial charge in [0.15, 0.2) is 0 Å². The first-order valence-electron chi connectivity index (χ1n) is 10.8. The van der Waals surface area contributed by atoms with Crippen LogP contribution in [0.15, 0.2) is 29.2 Å². The van der Waals surface area contributed by atoms with E-state index in [4.69, 9.17) is 17.2 Å². The third-order valence-electron chi connectivity index (χ3n) is 6.20. The van der Waals surface area contributed by atoms with Crippen molar-refractivity contribution in [2.75, 3.05) is 18.0 Å². The highest BCUT2D eigenvalue weighted by molar-refractivity contribution is 8.26. The standard InChI is InChI=1S/C24H29N3OS2/c1-5-17(4)27-23(28)21(30-24(27)29)14-19-13-18-12-16(3)6-7-20(18)25-22(19)26-10-8-15(2)9-11-26/h6-7,12-15,17H,5,8-11H2,1-4H3/b21-14-. The van der Waals surface area contributed by atoms with Gasteiger partial charge in [0, 0.05) is 30.1 Å². The molecule has 3 heterocycles. The molecule has 2 fully saturated rings. The Morgan fingerprint density at radius 3 is 2.73 bits per heavy atom. The number of hydrogen-bond donors (Lipinski definition) is 0. The van der Waals surface area contributed by atoms with Gasteiger partial charge in [0.05, 0.1) is 10.4 Å². The minimum Gasteiger partial charge on any atom is -0.356 e. The SMILES string of the molecule is CCC(C)N1C(=O)/C(=C/c2cc3cc(C)ccc3nc2N2CCC(C)CC2)SC1=S. The lowest BCUT2D eigenvalue weighted by Gasteiger charge is -2.32. The molecule has 2 aliphatic heterocycles. The fourth-order valence-corrected chi connectivity index (χ4v) is 5.52. The first kappa shape index (κ1) is 21.3. The number of carbonyl (C=O) groups excluding carboxylic acids is 1. The van der Waals surface area contributed by atoms with Crippen molar-refractivity contribution in [2.24, 2.45) is 5.92 Å². The van der Waals surface area contributed by atoms with Gasteiger partial charge in [-0.15, -0.1) is 0 Å². The van der Waals surface area contributed by atoms with Crippen LogP contribution in [-0.4, -0.2) is 39.2 Å². The molecule has 2 aliphatic rings. The number of thioether (sulfide) groups is 1. The van der Waals surface area contributed by atoms with Gasteiger partial charge in [0.1, 0.15) is 10.1 Å². The van der Waals surface area contributed by atoms with Gasteiger partial charge < -0.3 is 4.90 Å². The Hall–Kier alpha value is -1.92. The number of amides is 1. The maximum atomic E-state index is 13.1. The van der Waals surface area contributed by atoms with Gasteiger partial charge in [-0.05, 0) is 63.3 Å². The molecule has 0 saturated carbocycles. The summed E-state index contributed by atoms with van der Waals surface area (Å²) in [6, 6.07) is 8.65. The number of thiocarbonyl (C=S) groups is 1. The first-order chi connectivity index (χ1) is 14.4. The zero-order chi connectivity index (χ0) is 21.4. The van der Waals surface area contributed by atoms with Crippen LogP contribution in [0.2, 0.25) is 0 Å². The van der Waals surface area contributed by atoms with Gasteiger partial charge >= 0.3 is 0 Å². The zero-order valence-electron chi connectivity index (χ0n) is 18.1. The smallest absolute Gasteiger partial charge is 0.266 e. The van der Waals surface area contributed by atoms with Gasteiger partial charge in [-0.2, -0.15) is 0 Å². The molecule has 1 aromatic heterocycles. The molecule has 0 bridgehead atoms. The molecule has 0 N–H and O–H groups in total. The maximum Gasteiger partial charge on any atom is 0.266 e. The average molecular weight is 440 g/mol. The van der Waals surface area contributed by atoms with Crippen LogP contribution in [-0.2, 0) is 4.79 Å².